The van der Waals surface area contributed by atoms with Gasteiger partial charge in [0.25, 0.3) is 0 Å². The van der Waals surface area contributed by atoms with Gasteiger partial charge in [-0.15, -0.1) is 0 Å². The summed E-state index contributed by atoms with van der Waals surface area (Å²) < 4.78 is 9.83. The Balaban J connectivity index is 2.57. The van der Waals surface area contributed by atoms with Crippen molar-refractivity contribution in [3.05, 3.63) is 11.8 Å². The van der Waals surface area contributed by atoms with E-state index in [1.54, 1.807) is 6.08 Å². The van der Waals surface area contributed by atoms with Crippen LogP contribution < -0.4 is 0 Å². The SMILES string of the molecule is CCC1OCCC=C1OC(=O)O. The van der Waals surface area contributed by atoms with Crippen molar-refractivity contribution in [2.75, 3.05) is 6.61 Å². The Hall–Kier alpha value is -1.03. The standard InChI is InChI=1S/C8H12O4/c1-2-6-7(12-8(9)10)4-3-5-11-6/h4,6H,2-3,5H2,1H3,(H,9,10). The quantitative estimate of drug-likeness (QED) is 0.645. The van der Waals surface area contributed by atoms with Crippen LogP contribution in [0, 0.1) is 0 Å². The first kappa shape index (κ1) is 9.06. The van der Waals surface area contributed by atoms with Crippen molar-refractivity contribution < 1.29 is 19.4 Å². The minimum atomic E-state index is -1.27. The van der Waals surface area contributed by atoms with E-state index < -0.39 is 6.16 Å². The molecule has 1 unspecified atom stereocenters. The highest BCUT2D eigenvalue weighted by Gasteiger charge is 2.19. The van der Waals surface area contributed by atoms with Gasteiger partial charge in [-0.1, -0.05) is 6.92 Å². The van der Waals surface area contributed by atoms with E-state index in [2.05, 4.69) is 4.74 Å². The van der Waals surface area contributed by atoms with Gasteiger partial charge in [0.05, 0.1) is 6.61 Å². The van der Waals surface area contributed by atoms with Gasteiger partial charge in [0, 0.05) is 0 Å². The molecule has 1 heterocycles. The van der Waals surface area contributed by atoms with Gasteiger partial charge < -0.3 is 14.6 Å². The molecule has 1 aliphatic heterocycles. The summed E-state index contributed by atoms with van der Waals surface area (Å²) in [5.74, 6) is 0.427. The first-order valence-electron chi connectivity index (χ1n) is 3.96. The van der Waals surface area contributed by atoms with Crippen LogP contribution in [0.1, 0.15) is 19.8 Å². The minimum Gasteiger partial charge on any atom is -0.449 e. The molecule has 0 amide bonds. The summed E-state index contributed by atoms with van der Waals surface area (Å²) in [6.45, 7) is 2.57. The van der Waals surface area contributed by atoms with Crippen LogP contribution >= 0.6 is 0 Å². The molecule has 0 bridgehead atoms. The smallest absolute Gasteiger partial charge is 0.449 e. The Morgan fingerprint density at radius 1 is 1.92 bits per heavy atom. The van der Waals surface area contributed by atoms with Gasteiger partial charge in [-0.2, -0.15) is 0 Å². The second kappa shape index (κ2) is 4.11. The number of ether oxygens (including phenoxy) is 2. The Labute approximate surface area is 70.8 Å². The molecule has 0 aromatic rings. The van der Waals surface area contributed by atoms with Gasteiger partial charge in [0.15, 0.2) is 0 Å². The van der Waals surface area contributed by atoms with Gasteiger partial charge in [-0.3, -0.25) is 0 Å². The van der Waals surface area contributed by atoms with Crippen LogP contribution in [0.25, 0.3) is 0 Å². The first-order valence-corrected chi connectivity index (χ1v) is 3.96. The van der Waals surface area contributed by atoms with Crippen molar-refractivity contribution in [3.8, 4) is 0 Å². The van der Waals surface area contributed by atoms with Gasteiger partial charge in [0.2, 0.25) is 0 Å². The molecule has 4 heteroatoms. The lowest BCUT2D eigenvalue weighted by Crippen LogP contribution is -2.22. The zero-order valence-electron chi connectivity index (χ0n) is 6.95. The van der Waals surface area contributed by atoms with Crippen LogP contribution in [0.5, 0.6) is 0 Å². The lowest BCUT2D eigenvalue weighted by Gasteiger charge is -2.21. The Morgan fingerprint density at radius 2 is 2.67 bits per heavy atom. The molecule has 1 N–H and O–H groups in total. The third-order valence-corrected chi connectivity index (χ3v) is 1.68. The lowest BCUT2D eigenvalue weighted by atomic mass is 10.1. The topological polar surface area (TPSA) is 55.8 Å². The lowest BCUT2D eigenvalue weighted by molar-refractivity contribution is 0.0201. The summed E-state index contributed by atoms with van der Waals surface area (Å²) in [5.41, 5.74) is 0. The maximum atomic E-state index is 10.2. The molecule has 0 saturated carbocycles. The van der Waals surface area contributed by atoms with E-state index in [-0.39, 0.29) is 6.10 Å². The van der Waals surface area contributed by atoms with Gasteiger partial charge in [0.1, 0.15) is 11.9 Å². The monoisotopic (exact) mass is 172 g/mol. The number of carboxylic acid groups (broad SMARTS) is 1. The summed E-state index contributed by atoms with van der Waals surface area (Å²) in [4.78, 5) is 10.2. The zero-order valence-corrected chi connectivity index (χ0v) is 6.95. The highest BCUT2D eigenvalue weighted by atomic mass is 16.7. The van der Waals surface area contributed by atoms with Crippen LogP contribution in [-0.2, 0) is 9.47 Å². The van der Waals surface area contributed by atoms with E-state index in [1.165, 1.54) is 0 Å². The van der Waals surface area contributed by atoms with Gasteiger partial charge in [-0.25, -0.2) is 4.79 Å². The Morgan fingerprint density at radius 3 is 3.25 bits per heavy atom. The fraction of sp³-hybridized carbons (Fsp3) is 0.625. The number of hydrogen-bond acceptors (Lipinski definition) is 3. The van der Waals surface area contributed by atoms with Crippen molar-refractivity contribution >= 4 is 6.16 Å². The molecule has 1 atom stereocenters. The molecular formula is C8H12O4. The fourth-order valence-electron chi connectivity index (χ4n) is 1.15. The molecular weight excluding hydrogens is 160 g/mol. The highest BCUT2D eigenvalue weighted by molar-refractivity contribution is 5.58. The number of rotatable bonds is 2. The van der Waals surface area contributed by atoms with Gasteiger partial charge >= 0.3 is 6.16 Å². The average Bonchev–Trinajstić information content (AvgIpc) is 2.04. The van der Waals surface area contributed by atoms with E-state index in [0.717, 1.165) is 12.8 Å². The summed E-state index contributed by atoms with van der Waals surface area (Å²) in [6, 6.07) is 0. The van der Waals surface area contributed by atoms with E-state index in [0.29, 0.717) is 12.4 Å². The molecule has 4 nitrogen and oxygen atoms in total. The molecule has 0 radical (unpaired) electrons. The molecule has 0 fully saturated rings. The molecule has 0 aromatic heterocycles. The van der Waals surface area contributed by atoms with Crippen molar-refractivity contribution in [2.24, 2.45) is 0 Å². The average molecular weight is 172 g/mol. The summed E-state index contributed by atoms with van der Waals surface area (Å²) in [7, 11) is 0. The first-order chi connectivity index (χ1) is 5.74. The highest BCUT2D eigenvalue weighted by Crippen LogP contribution is 2.18. The summed E-state index contributed by atoms with van der Waals surface area (Å²) in [5, 5.41) is 8.36. The maximum Gasteiger partial charge on any atom is 0.511 e. The number of hydrogen-bond donors (Lipinski definition) is 1. The second-order valence-corrected chi connectivity index (χ2v) is 2.53. The van der Waals surface area contributed by atoms with Crippen LogP contribution in [0.15, 0.2) is 11.8 Å². The summed E-state index contributed by atoms with van der Waals surface area (Å²) >= 11 is 0. The third kappa shape index (κ3) is 2.23. The molecule has 68 valence electrons. The largest absolute Gasteiger partial charge is 0.511 e. The second-order valence-electron chi connectivity index (χ2n) is 2.53. The molecule has 1 rings (SSSR count). The Bertz CT molecular complexity index is 197. The van der Waals surface area contributed by atoms with E-state index >= 15 is 0 Å². The van der Waals surface area contributed by atoms with Crippen molar-refractivity contribution in [2.45, 2.75) is 25.9 Å². The molecule has 0 saturated heterocycles. The van der Waals surface area contributed by atoms with Crippen molar-refractivity contribution in [3.63, 3.8) is 0 Å². The third-order valence-electron chi connectivity index (χ3n) is 1.68. The zero-order chi connectivity index (χ0) is 8.97. The Kier molecular flexibility index (Phi) is 3.10. The van der Waals surface area contributed by atoms with E-state index in [4.69, 9.17) is 9.84 Å². The molecule has 0 aliphatic carbocycles. The molecule has 12 heavy (non-hydrogen) atoms. The van der Waals surface area contributed by atoms with Crippen LogP contribution in [0.3, 0.4) is 0 Å². The number of carbonyl (C=O) groups is 1. The summed E-state index contributed by atoms with van der Waals surface area (Å²) in [6.07, 6.45) is 1.77. The maximum absolute atomic E-state index is 10.2. The van der Waals surface area contributed by atoms with Crippen molar-refractivity contribution in [1.82, 2.24) is 0 Å². The minimum absolute atomic E-state index is 0.185. The van der Waals surface area contributed by atoms with Gasteiger partial charge in [-0.05, 0) is 18.9 Å². The van der Waals surface area contributed by atoms with E-state index in [9.17, 15) is 4.79 Å². The van der Waals surface area contributed by atoms with Crippen LogP contribution in [-0.4, -0.2) is 24.0 Å². The van der Waals surface area contributed by atoms with Crippen LogP contribution in [0.2, 0.25) is 0 Å². The van der Waals surface area contributed by atoms with Crippen LogP contribution in [0.4, 0.5) is 4.79 Å². The predicted octanol–water partition coefficient (Wildman–Crippen LogP) is 1.76. The van der Waals surface area contributed by atoms with Crippen molar-refractivity contribution in [1.29, 1.82) is 0 Å². The molecule has 0 spiro atoms. The fourth-order valence-corrected chi connectivity index (χ4v) is 1.15. The normalized spacial score (nSPS) is 23.1. The predicted molar refractivity (Wildman–Crippen MR) is 41.8 cm³/mol. The molecule has 0 aromatic carbocycles. The molecule has 1 aliphatic rings. The van der Waals surface area contributed by atoms with E-state index in [1.807, 2.05) is 6.92 Å².